The van der Waals surface area contributed by atoms with Crippen LogP contribution in [0, 0.1) is 6.92 Å². The zero-order valence-corrected chi connectivity index (χ0v) is 14.1. The Morgan fingerprint density at radius 1 is 1.32 bits per heavy atom. The number of hydrogen-bond donors (Lipinski definition) is 0. The van der Waals surface area contributed by atoms with Gasteiger partial charge in [0.25, 0.3) is 0 Å². The van der Waals surface area contributed by atoms with Crippen molar-refractivity contribution in [3.05, 3.63) is 33.8 Å². The molecule has 5 heteroatoms. The Labute approximate surface area is 136 Å². The minimum atomic E-state index is 0.631. The van der Waals surface area contributed by atoms with E-state index in [0.717, 1.165) is 13.0 Å². The van der Waals surface area contributed by atoms with E-state index in [9.17, 15) is 0 Å². The van der Waals surface area contributed by atoms with Crippen LogP contribution in [0.25, 0.3) is 0 Å². The molecule has 0 N–H and O–H groups in total. The van der Waals surface area contributed by atoms with Crippen LogP contribution in [0.3, 0.4) is 0 Å². The number of hydrogen-bond acceptors (Lipinski definition) is 4. The fourth-order valence-electron chi connectivity index (χ4n) is 3.84. The van der Waals surface area contributed by atoms with Gasteiger partial charge < -0.3 is 9.47 Å². The number of imidazole rings is 1. The van der Waals surface area contributed by atoms with Gasteiger partial charge in [-0.25, -0.2) is 9.97 Å². The summed E-state index contributed by atoms with van der Waals surface area (Å²) >= 11 is 1.76. The molecule has 1 unspecified atom stereocenters. The number of fused-ring (bicyclic) bond motifs is 1. The molecular weight excluding hydrogens is 292 g/mol. The first-order valence-corrected chi connectivity index (χ1v) is 9.35. The molecule has 4 rings (SSSR count). The lowest BCUT2D eigenvalue weighted by Gasteiger charge is -2.20. The van der Waals surface area contributed by atoms with Crippen molar-refractivity contribution in [3.8, 4) is 0 Å². The van der Waals surface area contributed by atoms with Crippen LogP contribution in [-0.2, 0) is 19.3 Å². The summed E-state index contributed by atoms with van der Waals surface area (Å²) in [6.45, 7) is 5.60. The third-order valence-electron chi connectivity index (χ3n) is 5.05. The molecule has 2 aromatic rings. The predicted molar refractivity (Wildman–Crippen MR) is 89.5 cm³/mol. The molecule has 1 saturated heterocycles. The van der Waals surface area contributed by atoms with Gasteiger partial charge in [-0.05, 0) is 39.0 Å². The molecule has 22 heavy (non-hydrogen) atoms. The number of aromatic nitrogens is 3. The van der Waals surface area contributed by atoms with E-state index in [1.807, 2.05) is 0 Å². The third-order valence-corrected chi connectivity index (χ3v) is 5.87. The molecule has 1 aliphatic carbocycles. The van der Waals surface area contributed by atoms with Crippen molar-refractivity contribution in [2.24, 2.45) is 0 Å². The summed E-state index contributed by atoms with van der Waals surface area (Å²) in [5.41, 5.74) is 4.14. The molecule has 0 amide bonds. The Morgan fingerprint density at radius 3 is 3.09 bits per heavy atom. The zero-order chi connectivity index (χ0) is 14.9. The van der Waals surface area contributed by atoms with Crippen molar-refractivity contribution in [3.63, 3.8) is 0 Å². The molecule has 4 nitrogen and oxygen atoms in total. The topological polar surface area (TPSA) is 34.0 Å². The first kappa shape index (κ1) is 14.4. The molecule has 0 aromatic carbocycles. The highest BCUT2D eigenvalue weighted by molar-refractivity contribution is 7.09. The first-order chi connectivity index (χ1) is 10.8. The van der Waals surface area contributed by atoms with Gasteiger partial charge in [-0.1, -0.05) is 0 Å². The highest BCUT2D eigenvalue weighted by Crippen LogP contribution is 2.28. The largest absolute Gasteiger partial charge is 0.330 e. The van der Waals surface area contributed by atoms with Gasteiger partial charge in [-0.2, -0.15) is 0 Å². The van der Waals surface area contributed by atoms with Crippen LogP contribution in [0.4, 0.5) is 0 Å². The average Bonchev–Trinajstić information content (AvgIpc) is 3.23. The second-order valence-corrected chi connectivity index (χ2v) is 7.67. The molecule has 1 atom stereocenters. The Morgan fingerprint density at radius 2 is 2.23 bits per heavy atom. The van der Waals surface area contributed by atoms with Crippen LogP contribution in [0.5, 0.6) is 0 Å². The lowest BCUT2D eigenvalue weighted by atomic mass is 10.0. The fraction of sp³-hybridized carbons (Fsp3) is 0.647. The van der Waals surface area contributed by atoms with Gasteiger partial charge in [0.2, 0.25) is 0 Å². The molecule has 2 aliphatic rings. The molecule has 0 bridgehead atoms. The lowest BCUT2D eigenvalue weighted by molar-refractivity contribution is 0.325. The molecule has 3 heterocycles. The summed E-state index contributed by atoms with van der Waals surface area (Å²) in [6, 6.07) is 0.631. The molecule has 118 valence electrons. The Kier molecular flexibility index (Phi) is 4.01. The highest BCUT2D eigenvalue weighted by atomic mass is 32.1. The van der Waals surface area contributed by atoms with E-state index in [1.54, 1.807) is 11.3 Å². The van der Waals surface area contributed by atoms with Gasteiger partial charge in [-0.15, -0.1) is 11.3 Å². The second kappa shape index (κ2) is 6.13. The zero-order valence-electron chi connectivity index (χ0n) is 13.3. The predicted octanol–water partition coefficient (Wildman–Crippen LogP) is 3.02. The molecule has 0 spiro atoms. The maximum absolute atomic E-state index is 4.66. The molecule has 0 saturated carbocycles. The summed E-state index contributed by atoms with van der Waals surface area (Å²) in [4.78, 5) is 11.8. The quantitative estimate of drug-likeness (QED) is 0.869. The SMILES string of the molecule is Cc1nc(CCN2CCC(n3cnc4c3CCCC4)C2)cs1. The third kappa shape index (κ3) is 2.84. The Hall–Kier alpha value is -1.20. The summed E-state index contributed by atoms with van der Waals surface area (Å²) in [7, 11) is 0. The molecule has 1 aliphatic heterocycles. The number of likely N-dealkylation sites (tertiary alicyclic amines) is 1. The number of nitrogens with zero attached hydrogens (tertiary/aromatic N) is 4. The van der Waals surface area contributed by atoms with Gasteiger partial charge in [0.1, 0.15) is 0 Å². The van der Waals surface area contributed by atoms with E-state index in [4.69, 9.17) is 0 Å². The Bertz CT molecular complexity index is 645. The fourth-order valence-corrected chi connectivity index (χ4v) is 4.49. The summed E-state index contributed by atoms with van der Waals surface area (Å²) in [5.74, 6) is 0. The van der Waals surface area contributed by atoms with E-state index < -0.39 is 0 Å². The van der Waals surface area contributed by atoms with Crippen LogP contribution in [0.1, 0.15) is 47.4 Å². The minimum absolute atomic E-state index is 0.631. The first-order valence-electron chi connectivity index (χ1n) is 8.47. The lowest BCUT2D eigenvalue weighted by Crippen LogP contribution is -2.24. The van der Waals surface area contributed by atoms with Crippen molar-refractivity contribution in [1.82, 2.24) is 19.4 Å². The molecular formula is C17H24N4S. The average molecular weight is 316 g/mol. The van der Waals surface area contributed by atoms with Crippen molar-refractivity contribution in [1.29, 1.82) is 0 Å². The van der Waals surface area contributed by atoms with E-state index in [0.29, 0.717) is 6.04 Å². The smallest absolute Gasteiger partial charge is 0.0954 e. The second-order valence-electron chi connectivity index (χ2n) is 6.60. The van der Waals surface area contributed by atoms with Gasteiger partial charge >= 0.3 is 0 Å². The number of aryl methyl sites for hydroxylation is 2. The van der Waals surface area contributed by atoms with Crippen LogP contribution >= 0.6 is 11.3 Å². The molecule has 0 radical (unpaired) electrons. The van der Waals surface area contributed by atoms with Gasteiger partial charge in [0.15, 0.2) is 0 Å². The van der Waals surface area contributed by atoms with Gasteiger partial charge in [-0.3, -0.25) is 0 Å². The van der Waals surface area contributed by atoms with E-state index in [-0.39, 0.29) is 0 Å². The summed E-state index contributed by atoms with van der Waals surface area (Å²) < 4.78 is 2.49. The van der Waals surface area contributed by atoms with Crippen molar-refractivity contribution >= 4 is 11.3 Å². The summed E-state index contributed by atoms with van der Waals surface area (Å²) in [6.07, 6.45) is 9.50. The maximum Gasteiger partial charge on any atom is 0.0954 e. The van der Waals surface area contributed by atoms with E-state index in [1.165, 1.54) is 67.3 Å². The number of thiazole rings is 1. The molecule has 2 aromatic heterocycles. The molecule has 1 fully saturated rings. The number of rotatable bonds is 4. The van der Waals surface area contributed by atoms with Crippen LogP contribution in [0.15, 0.2) is 11.7 Å². The van der Waals surface area contributed by atoms with Crippen molar-refractivity contribution in [2.45, 2.75) is 51.5 Å². The minimum Gasteiger partial charge on any atom is -0.330 e. The standard InChI is InChI=1S/C17H24N4S/c1-13-19-14(11-22-13)6-8-20-9-7-15(10-20)21-12-18-16-4-2-3-5-17(16)21/h11-12,15H,2-10H2,1H3. The van der Waals surface area contributed by atoms with Crippen LogP contribution in [0.2, 0.25) is 0 Å². The van der Waals surface area contributed by atoms with Gasteiger partial charge in [0, 0.05) is 43.2 Å². The Balaban J connectivity index is 1.37. The normalized spacial score (nSPS) is 22.1. The van der Waals surface area contributed by atoms with Crippen molar-refractivity contribution < 1.29 is 0 Å². The van der Waals surface area contributed by atoms with E-state index >= 15 is 0 Å². The summed E-state index contributed by atoms with van der Waals surface area (Å²) in [5, 5.41) is 3.38. The van der Waals surface area contributed by atoms with Crippen LogP contribution in [-0.4, -0.2) is 39.1 Å². The monoisotopic (exact) mass is 316 g/mol. The van der Waals surface area contributed by atoms with Crippen molar-refractivity contribution in [2.75, 3.05) is 19.6 Å². The maximum atomic E-state index is 4.66. The highest BCUT2D eigenvalue weighted by Gasteiger charge is 2.27. The van der Waals surface area contributed by atoms with E-state index in [2.05, 4.69) is 38.1 Å². The van der Waals surface area contributed by atoms with Crippen LogP contribution < -0.4 is 0 Å². The van der Waals surface area contributed by atoms with Gasteiger partial charge in [0.05, 0.1) is 22.7 Å².